The number of alkyl halides is 1. The van der Waals surface area contributed by atoms with Crippen LogP contribution in [0.25, 0.3) is 0 Å². The highest BCUT2D eigenvalue weighted by Crippen LogP contribution is 2.26. The van der Waals surface area contributed by atoms with Crippen LogP contribution in [0, 0.1) is 5.82 Å². The van der Waals surface area contributed by atoms with Crippen LogP contribution < -0.4 is 21.1 Å². The molecule has 29 heavy (non-hydrogen) atoms. The van der Waals surface area contributed by atoms with E-state index in [2.05, 4.69) is 15.6 Å². The molecular formula is C19H28F2N4O4. The van der Waals surface area contributed by atoms with Crippen molar-refractivity contribution < 1.29 is 27.8 Å². The van der Waals surface area contributed by atoms with E-state index < -0.39 is 30.1 Å². The van der Waals surface area contributed by atoms with Gasteiger partial charge in [0.2, 0.25) is 5.88 Å². The van der Waals surface area contributed by atoms with E-state index in [1.807, 2.05) is 0 Å². The molecule has 162 valence electrons. The third-order valence-electron chi connectivity index (χ3n) is 4.31. The Morgan fingerprint density at radius 1 is 1.24 bits per heavy atom. The maximum atomic E-state index is 14.3. The Morgan fingerprint density at radius 2 is 1.86 bits per heavy atom. The Hall–Kier alpha value is -2.65. The standard InChI is InChI=1S/C19H28F2N4O4/c1-19(2,3)29-18(27)24-12-6-4-11(5-7-12)23-16-14(21)10-13(15(22)26)17(25-16)28-9-8-20/h10-12H,4-9H2,1-3H3,(H2,22,26)(H,23,25)(H,24,27). The summed E-state index contributed by atoms with van der Waals surface area (Å²) in [5, 5.41) is 5.83. The van der Waals surface area contributed by atoms with E-state index in [4.69, 9.17) is 15.2 Å². The van der Waals surface area contributed by atoms with Gasteiger partial charge in [0.1, 0.15) is 24.4 Å². The molecule has 4 N–H and O–H groups in total. The van der Waals surface area contributed by atoms with Crippen LogP contribution >= 0.6 is 0 Å². The smallest absolute Gasteiger partial charge is 0.407 e. The zero-order chi connectivity index (χ0) is 21.6. The van der Waals surface area contributed by atoms with Crippen molar-refractivity contribution in [1.29, 1.82) is 0 Å². The fourth-order valence-electron chi connectivity index (χ4n) is 3.04. The summed E-state index contributed by atoms with van der Waals surface area (Å²) in [5.41, 5.74) is 4.39. The lowest BCUT2D eigenvalue weighted by Crippen LogP contribution is -2.42. The van der Waals surface area contributed by atoms with E-state index >= 15 is 0 Å². The second-order valence-electron chi connectivity index (χ2n) is 7.91. The highest BCUT2D eigenvalue weighted by molar-refractivity contribution is 5.95. The Balaban J connectivity index is 1.96. The number of anilines is 1. The first kappa shape index (κ1) is 22.6. The number of carbonyl (C=O) groups is 2. The van der Waals surface area contributed by atoms with Gasteiger partial charge in [0, 0.05) is 12.1 Å². The molecule has 2 rings (SSSR count). The van der Waals surface area contributed by atoms with Gasteiger partial charge >= 0.3 is 6.09 Å². The minimum Gasteiger partial charge on any atom is -0.474 e. The average Bonchev–Trinajstić information content (AvgIpc) is 2.61. The molecule has 1 fully saturated rings. The van der Waals surface area contributed by atoms with Crippen molar-refractivity contribution in [3.8, 4) is 5.88 Å². The number of alkyl carbamates (subject to hydrolysis) is 1. The molecule has 0 spiro atoms. The summed E-state index contributed by atoms with van der Waals surface area (Å²) >= 11 is 0. The molecule has 1 aliphatic rings. The van der Waals surface area contributed by atoms with E-state index in [1.54, 1.807) is 20.8 Å². The number of ether oxygens (including phenoxy) is 2. The Bertz CT molecular complexity index is 732. The summed E-state index contributed by atoms with van der Waals surface area (Å²) in [7, 11) is 0. The normalized spacial score (nSPS) is 19.3. The second kappa shape index (κ2) is 9.71. The van der Waals surface area contributed by atoms with Crippen LogP contribution in [0.2, 0.25) is 0 Å². The van der Waals surface area contributed by atoms with Crippen molar-refractivity contribution in [3.63, 3.8) is 0 Å². The predicted octanol–water partition coefficient (Wildman–Crippen LogP) is 2.92. The van der Waals surface area contributed by atoms with Crippen molar-refractivity contribution in [2.24, 2.45) is 5.73 Å². The van der Waals surface area contributed by atoms with Crippen molar-refractivity contribution in [2.75, 3.05) is 18.6 Å². The summed E-state index contributed by atoms with van der Waals surface area (Å²) in [4.78, 5) is 27.3. The fourth-order valence-corrected chi connectivity index (χ4v) is 3.04. The molecule has 1 saturated carbocycles. The quantitative estimate of drug-likeness (QED) is 0.632. The van der Waals surface area contributed by atoms with Crippen LogP contribution in [-0.4, -0.2) is 48.0 Å². The lowest BCUT2D eigenvalue weighted by Gasteiger charge is -2.31. The first-order chi connectivity index (χ1) is 13.6. The van der Waals surface area contributed by atoms with Crippen LogP contribution in [0.1, 0.15) is 56.8 Å². The Morgan fingerprint density at radius 3 is 2.41 bits per heavy atom. The number of rotatable bonds is 7. The van der Waals surface area contributed by atoms with E-state index in [-0.39, 0.29) is 36.0 Å². The van der Waals surface area contributed by atoms with Gasteiger partial charge in [-0.25, -0.2) is 13.6 Å². The highest BCUT2D eigenvalue weighted by atomic mass is 19.1. The number of halogens is 2. The molecule has 0 atom stereocenters. The SMILES string of the molecule is CC(C)(C)OC(=O)NC1CCC(Nc2nc(OCCF)c(C(N)=O)cc2F)CC1. The molecule has 0 unspecified atom stereocenters. The van der Waals surface area contributed by atoms with Gasteiger partial charge in [0.15, 0.2) is 11.6 Å². The topological polar surface area (TPSA) is 116 Å². The number of nitrogens with two attached hydrogens (primary N) is 1. The maximum Gasteiger partial charge on any atom is 0.407 e. The number of hydrogen-bond donors (Lipinski definition) is 3. The van der Waals surface area contributed by atoms with Gasteiger partial charge in [-0.1, -0.05) is 0 Å². The van der Waals surface area contributed by atoms with Gasteiger partial charge in [-0.2, -0.15) is 4.98 Å². The molecule has 1 aromatic rings. The first-order valence-electron chi connectivity index (χ1n) is 9.54. The summed E-state index contributed by atoms with van der Waals surface area (Å²) in [6, 6.07) is 0.824. The van der Waals surface area contributed by atoms with Crippen molar-refractivity contribution in [2.45, 2.75) is 64.1 Å². The Labute approximate surface area is 168 Å². The zero-order valence-corrected chi connectivity index (χ0v) is 16.9. The molecule has 8 nitrogen and oxygen atoms in total. The number of primary amides is 1. The van der Waals surface area contributed by atoms with Crippen LogP contribution in [0.15, 0.2) is 6.07 Å². The predicted molar refractivity (Wildman–Crippen MR) is 103 cm³/mol. The molecule has 0 aromatic carbocycles. The number of pyridine rings is 1. The van der Waals surface area contributed by atoms with Gasteiger partial charge in [0.25, 0.3) is 5.91 Å². The summed E-state index contributed by atoms with van der Waals surface area (Å²) < 4.78 is 37.1. The number of hydrogen-bond acceptors (Lipinski definition) is 6. The van der Waals surface area contributed by atoms with Gasteiger partial charge in [0.05, 0.1) is 0 Å². The maximum absolute atomic E-state index is 14.3. The number of aromatic nitrogens is 1. The van der Waals surface area contributed by atoms with E-state index in [0.717, 1.165) is 6.07 Å². The van der Waals surface area contributed by atoms with Crippen molar-refractivity contribution >= 4 is 17.8 Å². The lowest BCUT2D eigenvalue weighted by atomic mass is 9.91. The Kier molecular flexibility index (Phi) is 7.58. The van der Waals surface area contributed by atoms with Crippen LogP contribution in [0.3, 0.4) is 0 Å². The highest BCUT2D eigenvalue weighted by Gasteiger charge is 2.26. The molecule has 0 saturated heterocycles. The van der Waals surface area contributed by atoms with Crippen LogP contribution in [0.4, 0.5) is 19.4 Å². The molecule has 10 heteroatoms. The minimum atomic E-state index is -0.912. The minimum absolute atomic E-state index is 0.0265. The fraction of sp³-hybridized carbons (Fsp3) is 0.632. The number of carbonyl (C=O) groups excluding carboxylic acids is 2. The number of nitrogens with zero attached hydrogens (tertiary/aromatic N) is 1. The van der Waals surface area contributed by atoms with E-state index in [9.17, 15) is 18.4 Å². The van der Waals surface area contributed by atoms with E-state index in [0.29, 0.717) is 25.7 Å². The van der Waals surface area contributed by atoms with Crippen molar-refractivity contribution in [1.82, 2.24) is 10.3 Å². The largest absolute Gasteiger partial charge is 0.474 e. The third-order valence-corrected chi connectivity index (χ3v) is 4.31. The zero-order valence-electron chi connectivity index (χ0n) is 16.9. The van der Waals surface area contributed by atoms with Gasteiger partial charge < -0.3 is 25.8 Å². The number of amides is 2. The molecule has 1 aliphatic carbocycles. The average molecular weight is 414 g/mol. The van der Waals surface area contributed by atoms with E-state index in [1.165, 1.54) is 0 Å². The second-order valence-corrected chi connectivity index (χ2v) is 7.91. The molecular weight excluding hydrogens is 386 g/mol. The van der Waals surface area contributed by atoms with Crippen LogP contribution in [-0.2, 0) is 4.74 Å². The first-order valence-corrected chi connectivity index (χ1v) is 9.54. The number of nitrogens with one attached hydrogen (secondary N) is 2. The molecule has 0 bridgehead atoms. The molecule has 1 aromatic heterocycles. The lowest BCUT2D eigenvalue weighted by molar-refractivity contribution is 0.0492. The molecule has 0 radical (unpaired) electrons. The summed E-state index contributed by atoms with van der Waals surface area (Å²) in [5.74, 6) is -1.96. The molecule has 2 amide bonds. The molecule has 1 heterocycles. The van der Waals surface area contributed by atoms with Gasteiger partial charge in [-0.05, 0) is 52.5 Å². The van der Waals surface area contributed by atoms with Gasteiger partial charge in [-0.15, -0.1) is 0 Å². The monoisotopic (exact) mass is 414 g/mol. The van der Waals surface area contributed by atoms with Crippen molar-refractivity contribution in [3.05, 3.63) is 17.4 Å². The summed E-state index contributed by atoms with van der Waals surface area (Å²) in [6.45, 7) is 4.28. The summed E-state index contributed by atoms with van der Waals surface area (Å²) in [6.07, 6.45) is 2.24. The van der Waals surface area contributed by atoms with Crippen LogP contribution in [0.5, 0.6) is 5.88 Å². The third kappa shape index (κ3) is 7.03. The van der Waals surface area contributed by atoms with Gasteiger partial charge in [-0.3, -0.25) is 4.79 Å². The molecule has 0 aliphatic heterocycles.